The van der Waals surface area contributed by atoms with E-state index >= 15 is 0 Å². The Kier molecular flexibility index (Phi) is 5.48. The quantitative estimate of drug-likeness (QED) is 0.923. The summed E-state index contributed by atoms with van der Waals surface area (Å²) in [4.78, 5) is 31.5. The number of nitrogens with zero attached hydrogens (tertiary/aromatic N) is 2. The van der Waals surface area contributed by atoms with Gasteiger partial charge in [0.05, 0.1) is 12.8 Å². The van der Waals surface area contributed by atoms with Crippen LogP contribution in [0.5, 0.6) is 0 Å². The van der Waals surface area contributed by atoms with Gasteiger partial charge < -0.3 is 14.8 Å². The number of carbonyl (C=O) groups excluding carboxylic acids is 2. The van der Waals surface area contributed by atoms with Crippen LogP contribution in [0, 0.1) is 5.82 Å². The lowest BCUT2D eigenvalue weighted by molar-refractivity contribution is -0.132. The lowest BCUT2D eigenvalue weighted by Gasteiger charge is -2.22. The molecule has 1 fully saturated rings. The minimum atomic E-state index is -0.331. The molecule has 1 N–H and O–H groups in total. The van der Waals surface area contributed by atoms with Crippen molar-refractivity contribution in [1.82, 2.24) is 14.8 Å². The zero-order chi connectivity index (χ0) is 17.6. The maximum atomic E-state index is 13.2. The van der Waals surface area contributed by atoms with Crippen LogP contribution in [0.4, 0.5) is 4.39 Å². The standard InChI is InChI=1S/C19H22FN3O2/c20-16-5-1-4-15(12-16)13-18(24)22-8-3-9-23(11-10-22)19(25)14-17-6-2-7-21-17/h1-2,4-7,12,21H,3,8-11,13-14H2. The molecule has 2 heterocycles. The van der Waals surface area contributed by atoms with Gasteiger partial charge in [0.25, 0.3) is 0 Å². The van der Waals surface area contributed by atoms with Crippen LogP contribution in [0.25, 0.3) is 0 Å². The van der Waals surface area contributed by atoms with Crippen LogP contribution in [0.1, 0.15) is 17.7 Å². The average Bonchev–Trinajstić information content (AvgIpc) is 2.95. The van der Waals surface area contributed by atoms with E-state index in [9.17, 15) is 14.0 Å². The molecule has 1 aliphatic heterocycles. The second kappa shape index (κ2) is 7.96. The smallest absolute Gasteiger partial charge is 0.228 e. The summed E-state index contributed by atoms with van der Waals surface area (Å²) in [5, 5.41) is 0. The van der Waals surface area contributed by atoms with E-state index in [0.29, 0.717) is 38.2 Å². The maximum Gasteiger partial charge on any atom is 0.228 e. The van der Waals surface area contributed by atoms with E-state index < -0.39 is 0 Å². The molecule has 0 radical (unpaired) electrons. The van der Waals surface area contributed by atoms with Crippen molar-refractivity contribution < 1.29 is 14.0 Å². The van der Waals surface area contributed by atoms with Gasteiger partial charge in [0, 0.05) is 38.1 Å². The molecule has 0 atom stereocenters. The van der Waals surface area contributed by atoms with Gasteiger partial charge in [-0.25, -0.2) is 4.39 Å². The summed E-state index contributed by atoms with van der Waals surface area (Å²) in [6.45, 7) is 2.34. The second-order valence-corrected chi connectivity index (χ2v) is 6.29. The third-order valence-electron chi connectivity index (χ3n) is 4.45. The van der Waals surface area contributed by atoms with E-state index in [-0.39, 0.29) is 24.1 Å². The van der Waals surface area contributed by atoms with Gasteiger partial charge >= 0.3 is 0 Å². The molecule has 25 heavy (non-hydrogen) atoms. The fraction of sp³-hybridized carbons (Fsp3) is 0.368. The molecule has 1 aromatic heterocycles. The Hall–Kier alpha value is -2.63. The number of aromatic nitrogens is 1. The summed E-state index contributed by atoms with van der Waals surface area (Å²) in [7, 11) is 0. The van der Waals surface area contributed by atoms with Crippen LogP contribution in [-0.2, 0) is 22.4 Å². The number of amides is 2. The Labute approximate surface area is 146 Å². The highest BCUT2D eigenvalue weighted by molar-refractivity contribution is 5.80. The lowest BCUT2D eigenvalue weighted by Crippen LogP contribution is -2.38. The highest BCUT2D eigenvalue weighted by Gasteiger charge is 2.22. The second-order valence-electron chi connectivity index (χ2n) is 6.29. The minimum Gasteiger partial charge on any atom is -0.365 e. The van der Waals surface area contributed by atoms with Gasteiger partial charge in [-0.2, -0.15) is 0 Å². The van der Waals surface area contributed by atoms with Gasteiger partial charge in [0.2, 0.25) is 11.8 Å². The van der Waals surface area contributed by atoms with Crippen molar-refractivity contribution in [3.8, 4) is 0 Å². The van der Waals surface area contributed by atoms with Crippen molar-refractivity contribution in [3.05, 3.63) is 59.7 Å². The van der Waals surface area contributed by atoms with Gasteiger partial charge in [-0.3, -0.25) is 9.59 Å². The number of hydrogen-bond acceptors (Lipinski definition) is 2. The molecule has 0 aliphatic carbocycles. The Morgan fingerprint density at radius 2 is 1.68 bits per heavy atom. The van der Waals surface area contributed by atoms with E-state index in [2.05, 4.69) is 4.98 Å². The molecule has 0 bridgehead atoms. The van der Waals surface area contributed by atoms with Crippen LogP contribution in [-0.4, -0.2) is 52.8 Å². The molecule has 3 rings (SSSR count). The largest absolute Gasteiger partial charge is 0.365 e. The van der Waals surface area contributed by atoms with Crippen molar-refractivity contribution in [2.45, 2.75) is 19.3 Å². The fourth-order valence-electron chi connectivity index (χ4n) is 3.10. The van der Waals surface area contributed by atoms with Crippen LogP contribution in [0.2, 0.25) is 0 Å². The van der Waals surface area contributed by atoms with Gasteiger partial charge in [-0.1, -0.05) is 12.1 Å². The van der Waals surface area contributed by atoms with E-state index in [1.165, 1.54) is 12.1 Å². The fourth-order valence-corrected chi connectivity index (χ4v) is 3.10. The average molecular weight is 343 g/mol. The summed E-state index contributed by atoms with van der Waals surface area (Å²) in [5.41, 5.74) is 1.57. The Morgan fingerprint density at radius 1 is 0.960 bits per heavy atom. The van der Waals surface area contributed by atoms with Gasteiger partial charge in [0.15, 0.2) is 0 Å². The normalized spacial score (nSPS) is 15.1. The monoisotopic (exact) mass is 343 g/mol. The predicted octanol–water partition coefficient (Wildman–Crippen LogP) is 2.00. The maximum absolute atomic E-state index is 13.2. The number of aromatic amines is 1. The first-order chi connectivity index (χ1) is 12.1. The third-order valence-corrected chi connectivity index (χ3v) is 4.45. The van der Waals surface area contributed by atoms with E-state index in [1.807, 2.05) is 17.0 Å². The number of halogens is 1. The molecular formula is C19H22FN3O2. The van der Waals surface area contributed by atoms with Crippen LogP contribution in [0.15, 0.2) is 42.6 Å². The SMILES string of the molecule is O=C(Cc1cccc(F)c1)N1CCCN(C(=O)Cc2ccc[nH]2)CC1. The van der Waals surface area contributed by atoms with Crippen molar-refractivity contribution in [3.63, 3.8) is 0 Å². The summed E-state index contributed by atoms with van der Waals surface area (Å²) < 4.78 is 13.2. The van der Waals surface area contributed by atoms with Gasteiger partial charge in [0.1, 0.15) is 5.82 Å². The molecule has 1 aliphatic rings. The highest BCUT2D eigenvalue weighted by atomic mass is 19.1. The zero-order valence-corrected chi connectivity index (χ0v) is 14.1. The minimum absolute atomic E-state index is 0.0238. The highest BCUT2D eigenvalue weighted by Crippen LogP contribution is 2.10. The van der Waals surface area contributed by atoms with Crippen molar-refractivity contribution in [1.29, 1.82) is 0 Å². The van der Waals surface area contributed by atoms with Crippen molar-refractivity contribution in [2.75, 3.05) is 26.2 Å². The summed E-state index contributed by atoms with van der Waals surface area (Å²) >= 11 is 0. The number of nitrogens with one attached hydrogen (secondary N) is 1. The number of rotatable bonds is 4. The van der Waals surface area contributed by atoms with E-state index in [1.54, 1.807) is 23.2 Å². The summed E-state index contributed by atoms with van der Waals surface area (Å²) in [6, 6.07) is 9.89. The first-order valence-corrected chi connectivity index (χ1v) is 8.54. The van der Waals surface area contributed by atoms with Crippen LogP contribution < -0.4 is 0 Å². The topological polar surface area (TPSA) is 56.4 Å². The molecule has 2 amide bonds. The molecule has 0 unspecified atom stereocenters. The van der Waals surface area contributed by atoms with Crippen molar-refractivity contribution in [2.24, 2.45) is 0 Å². The molecule has 1 aromatic carbocycles. The Bertz CT molecular complexity index is 730. The lowest BCUT2D eigenvalue weighted by atomic mass is 10.1. The number of hydrogen-bond donors (Lipinski definition) is 1. The van der Waals surface area contributed by atoms with Crippen LogP contribution in [0.3, 0.4) is 0 Å². The number of H-pyrrole nitrogens is 1. The molecule has 0 spiro atoms. The molecule has 6 heteroatoms. The van der Waals surface area contributed by atoms with Gasteiger partial charge in [-0.15, -0.1) is 0 Å². The predicted molar refractivity (Wildman–Crippen MR) is 92.4 cm³/mol. The summed E-state index contributed by atoms with van der Waals surface area (Å²) in [6.07, 6.45) is 3.10. The van der Waals surface area contributed by atoms with Gasteiger partial charge in [-0.05, 0) is 36.2 Å². The third kappa shape index (κ3) is 4.68. The molecule has 0 saturated carbocycles. The molecule has 2 aromatic rings. The number of benzene rings is 1. The van der Waals surface area contributed by atoms with Crippen LogP contribution >= 0.6 is 0 Å². The molecule has 5 nitrogen and oxygen atoms in total. The van der Waals surface area contributed by atoms with Crippen molar-refractivity contribution >= 4 is 11.8 Å². The first-order valence-electron chi connectivity index (χ1n) is 8.54. The Balaban J connectivity index is 1.54. The summed E-state index contributed by atoms with van der Waals surface area (Å²) in [5.74, 6) is -0.284. The first kappa shape index (κ1) is 17.2. The molecule has 1 saturated heterocycles. The van der Waals surface area contributed by atoms with E-state index in [4.69, 9.17) is 0 Å². The van der Waals surface area contributed by atoms with E-state index in [0.717, 1.165) is 12.1 Å². The molecular weight excluding hydrogens is 321 g/mol. The molecule has 132 valence electrons. The zero-order valence-electron chi connectivity index (χ0n) is 14.1. The number of carbonyl (C=O) groups is 2. The Morgan fingerprint density at radius 3 is 2.32 bits per heavy atom.